The first-order valence-corrected chi connectivity index (χ1v) is 45.1. The fourth-order valence-corrected chi connectivity index (χ4v) is 18.5. The molecule has 63 heteroatoms. The Kier molecular flexibility index (Phi) is 41.7. The summed E-state index contributed by atoms with van der Waals surface area (Å²) in [6.07, 6.45) is -115. The SMILES string of the molecule is CC(=O)N[C@@H]1[C@@H](O)[C@H](O[C@@H]2O[C@H](CO)[C@@H](O[C@@H]3O[C@H](CO[C@H]4O[C@H](CO)[C@@H](O)[C@H](O)[C@@H]4O[C@@H]4O[C@H](CO)[C@@H](O[C@@H]5O[C@H](CO)[C@H](O[C@@H]6O[C@H](CO)[C@H](O)[C@H](O)[C@H]6O)[C@H](O[C@]6(C(=O)O)C[C@H](O)[C@@H](NC(C)=O)[C@H]([C@H](O)[C@H](O)CO)O6)[C@H]5O)[C@H](O[C@@H]5O[C@@H](C)[C@@H](O)[C@@H](O)[C@@H]5O)[C@H]4NC(C)=O)[C@@H](O)[C@H](O[C@H]4O[C@H](CO)[C@@H](O)[C@H](O)[C@@H]4O[C@@H]4O[C@H](CO)[C@@H](O)[C@H](O)[C@H]4NC(C)=O)[C@@H]3O)[C@H](O)[C@H]2NC(C)=O)[C@@H](CO)O[C@H]1O. The number of carboxylic acid groups (broad SMARTS) is 1. The van der Waals surface area contributed by atoms with Crippen LogP contribution in [-0.4, -0.2) is 603 Å². The Bertz CT molecular complexity index is 4010. The maximum atomic E-state index is 14.0. The topological polar surface area (TPSA) is 984 Å². The van der Waals surface area contributed by atoms with Crippen molar-refractivity contribution in [2.75, 3.05) is 66.1 Å². The molecule has 0 bridgehead atoms. The Morgan fingerprint density at radius 1 is 0.303 bits per heavy atom. The lowest BCUT2D eigenvalue weighted by atomic mass is 9.88. The fraction of sp³-hybridized carbons (Fsp3) is 0.924. The molecule has 11 aliphatic rings. The maximum absolute atomic E-state index is 14.0. The van der Waals surface area contributed by atoms with Gasteiger partial charge in [0.2, 0.25) is 29.5 Å². The number of carbonyl (C=O) groups is 6. The zero-order chi connectivity index (χ0) is 105. The maximum Gasteiger partial charge on any atom is 0.364 e. The third-order valence-electron chi connectivity index (χ3n) is 25.9. The number of aliphatic hydroxyl groups excluding tert-OH is 30. The van der Waals surface area contributed by atoms with Crippen LogP contribution in [0, 0.1) is 0 Å². The predicted molar refractivity (Wildman–Crippen MR) is 436 cm³/mol. The van der Waals surface area contributed by atoms with Crippen LogP contribution in [0.25, 0.3) is 0 Å². The molecule has 11 fully saturated rings. The highest BCUT2D eigenvalue weighted by Gasteiger charge is 2.66. The number of nitrogens with one attached hydrogen (secondary N) is 5. The highest BCUT2D eigenvalue weighted by atomic mass is 16.8. The Labute approximate surface area is 803 Å². The molecule has 0 aromatic carbocycles. The molecule has 820 valence electrons. The predicted octanol–water partition coefficient (Wildman–Crippen LogP) is -24.0. The van der Waals surface area contributed by atoms with Crippen molar-refractivity contribution in [2.24, 2.45) is 0 Å². The summed E-state index contributed by atoms with van der Waals surface area (Å²) in [6.45, 7) is -6.84. The first-order valence-electron chi connectivity index (χ1n) is 45.1. The minimum absolute atomic E-state index is 0.817. The van der Waals surface area contributed by atoms with E-state index in [0.717, 1.165) is 41.5 Å². The normalized spacial score (nSPS) is 48.0. The molecule has 11 aliphatic heterocycles. The summed E-state index contributed by atoms with van der Waals surface area (Å²) in [5.41, 5.74) is 0. The molecule has 0 saturated carbocycles. The van der Waals surface area contributed by atoms with Crippen molar-refractivity contribution in [3.05, 3.63) is 0 Å². The average Bonchev–Trinajstić information content (AvgIpc) is 0.742. The summed E-state index contributed by atoms with van der Waals surface area (Å²) in [5.74, 6) is -10.7. The smallest absolute Gasteiger partial charge is 0.364 e. The van der Waals surface area contributed by atoms with Gasteiger partial charge in [0, 0.05) is 41.0 Å². The van der Waals surface area contributed by atoms with Crippen LogP contribution >= 0.6 is 0 Å². The summed E-state index contributed by atoms with van der Waals surface area (Å²) in [4.78, 5) is 78.6. The molecule has 63 nitrogen and oxygen atoms in total. The minimum atomic E-state index is -3.57. The van der Waals surface area contributed by atoms with Gasteiger partial charge in [-0.2, -0.15) is 0 Å². The Morgan fingerprint density at radius 2 is 0.634 bits per heavy atom. The molecule has 36 N–H and O–H groups in total. The average molecular weight is 2080 g/mol. The van der Waals surface area contributed by atoms with Crippen molar-refractivity contribution in [2.45, 2.75) is 391 Å². The largest absolute Gasteiger partial charge is 0.477 e. The number of carboxylic acids is 1. The second-order valence-electron chi connectivity index (χ2n) is 35.9. The quantitative estimate of drug-likeness (QED) is 0.0273. The van der Waals surface area contributed by atoms with Gasteiger partial charge in [-0.05, 0) is 6.92 Å². The van der Waals surface area contributed by atoms with E-state index in [9.17, 15) is 187 Å². The summed E-state index contributed by atoms with van der Waals surface area (Å²) < 4.78 is 127. The molecule has 0 aliphatic carbocycles. The molecular formula is C79H131N5O58. The summed E-state index contributed by atoms with van der Waals surface area (Å²) in [6, 6.07) is -9.75. The zero-order valence-electron chi connectivity index (χ0n) is 76.4. The van der Waals surface area contributed by atoms with Crippen LogP contribution in [0.5, 0.6) is 0 Å². The van der Waals surface area contributed by atoms with Crippen LogP contribution in [-0.2, 0) is 128 Å². The third kappa shape index (κ3) is 25.6. The van der Waals surface area contributed by atoms with Crippen molar-refractivity contribution in [3.8, 4) is 0 Å². The van der Waals surface area contributed by atoms with Gasteiger partial charge in [-0.25, -0.2) is 4.79 Å². The summed E-state index contributed by atoms with van der Waals surface area (Å²) >= 11 is 0. The van der Waals surface area contributed by atoms with Crippen molar-refractivity contribution >= 4 is 35.5 Å². The summed E-state index contributed by atoms with van der Waals surface area (Å²) in [7, 11) is 0. The van der Waals surface area contributed by atoms with Gasteiger partial charge < -0.3 is 284 Å². The van der Waals surface area contributed by atoms with Crippen molar-refractivity contribution in [3.63, 3.8) is 0 Å². The first kappa shape index (κ1) is 117. The highest BCUT2D eigenvalue weighted by Crippen LogP contribution is 2.45. The first-order chi connectivity index (χ1) is 67.0. The Balaban J connectivity index is 0.970. The molecule has 0 radical (unpaired) electrons. The van der Waals surface area contributed by atoms with Crippen molar-refractivity contribution in [1.29, 1.82) is 0 Å². The second-order valence-corrected chi connectivity index (χ2v) is 35.9. The van der Waals surface area contributed by atoms with Gasteiger partial charge in [0.15, 0.2) is 62.9 Å². The van der Waals surface area contributed by atoms with Gasteiger partial charge in [0.1, 0.15) is 256 Å². The second kappa shape index (κ2) is 50.6. The van der Waals surface area contributed by atoms with Crippen molar-refractivity contribution < 1.29 is 287 Å². The van der Waals surface area contributed by atoms with E-state index in [0.29, 0.717) is 0 Å². The van der Waals surface area contributed by atoms with Crippen LogP contribution in [0.15, 0.2) is 0 Å². The zero-order valence-corrected chi connectivity index (χ0v) is 76.4. The minimum Gasteiger partial charge on any atom is -0.477 e. The van der Waals surface area contributed by atoms with E-state index in [1.165, 1.54) is 0 Å². The van der Waals surface area contributed by atoms with E-state index >= 15 is 0 Å². The van der Waals surface area contributed by atoms with Gasteiger partial charge in [0.05, 0.1) is 84.3 Å². The molecule has 11 saturated heterocycles. The number of ether oxygens (including phenoxy) is 21. The number of rotatable bonds is 38. The molecule has 0 aromatic heterocycles. The summed E-state index contributed by atoms with van der Waals surface area (Å²) in [5, 5.41) is 363. The number of carbonyl (C=O) groups excluding carboxylic acids is 5. The molecule has 11 heterocycles. The van der Waals surface area contributed by atoms with E-state index in [1.54, 1.807) is 0 Å². The van der Waals surface area contributed by atoms with Gasteiger partial charge in [-0.15, -0.1) is 0 Å². The van der Waals surface area contributed by atoms with E-state index in [2.05, 4.69) is 26.6 Å². The Morgan fingerprint density at radius 3 is 1.13 bits per heavy atom. The van der Waals surface area contributed by atoms with E-state index in [1.807, 2.05) is 0 Å². The molecule has 5 amide bonds. The third-order valence-corrected chi connectivity index (χ3v) is 25.9. The Hall–Kier alpha value is -5.22. The van der Waals surface area contributed by atoms with E-state index in [4.69, 9.17) is 99.5 Å². The van der Waals surface area contributed by atoms with Crippen LogP contribution in [0.4, 0.5) is 0 Å². The molecule has 0 unspecified atom stereocenters. The monoisotopic (exact) mass is 2080 g/mol. The lowest BCUT2D eigenvalue weighted by Crippen LogP contribution is -2.72. The molecule has 56 atom stereocenters. The number of amides is 5. The molecule has 0 aromatic rings. The van der Waals surface area contributed by atoms with Gasteiger partial charge >= 0.3 is 5.97 Å². The standard InChI is InChI=1S/C79H131N5O58/c1-18-40(101)50(111)54(115)72(123-18)137-63-39(84-23(6)98)71(130-32(15-92)60(63)135-75-57(118)65(61(33(16-93)131-75)136-73-55(116)51(112)43(104)27(10-87)126-73)142-79(78(120)121)7-24(99)35(80-19(2)94)62(141-79)41(102)25(100)8-85)139-66-52(113)44(105)28(11-88)127-76(66)122-17-34-46(107)64(138-77-67(53(114)45(106)29(12-89)128-77)140-69-37(82-21(4)96)47(108)42(103)26(9-86)125-69)56(117)74(132-34)134-59-31(14-91)129-70(38(49(59)110)83-22(5)97)133-58-30(13-90)124-68(119)36(48(58)109)81-20(3)95/h18,24-77,85-93,99-119H,7-17H2,1-6H3,(H,80,94)(H,81,95)(H,82,96)(H,83,97)(H,84,98)(H,120,121)/t18-,24-,25+,26+,27+,28+,29+,30+,31+,32+,33+,34+,35+,36+,37+,38+,39+,40+,41+,42+,43-,44+,45+,46+,47+,48+,49+,50+,51-,52-,53-,54-,55+,56-,57+,58+,59+,60+,61-,62+,63+,64-,65+,66-,67-,68+,69-,70-,71-,72-,73-,74-,75-,76-,77+,79-/m0/s1. The number of aliphatic carboxylic acids is 1. The van der Waals surface area contributed by atoms with Crippen LogP contribution in [0.2, 0.25) is 0 Å². The van der Waals surface area contributed by atoms with Gasteiger partial charge in [-0.1, -0.05) is 0 Å². The highest BCUT2D eigenvalue weighted by molar-refractivity contribution is 5.77. The molecule has 142 heavy (non-hydrogen) atoms. The molecular weight excluding hydrogens is 1950 g/mol. The van der Waals surface area contributed by atoms with Crippen molar-refractivity contribution in [1.82, 2.24) is 26.6 Å². The number of hydrogen-bond acceptors (Lipinski definition) is 57. The van der Waals surface area contributed by atoms with Crippen LogP contribution < -0.4 is 26.6 Å². The van der Waals surface area contributed by atoms with Crippen LogP contribution in [0.3, 0.4) is 0 Å². The molecule has 0 spiro atoms. The lowest BCUT2D eigenvalue weighted by molar-refractivity contribution is -0.411. The van der Waals surface area contributed by atoms with Crippen LogP contribution in [0.1, 0.15) is 48.0 Å². The fourth-order valence-electron chi connectivity index (χ4n) is 18.5. The number of hydrogen-bond donors (Lipinski definition) is 36. The van der Waals surface area contributed by atoms with E-state index in [-0.39, 0.29) is 0 Å². The molecule has 11 rings (SSSR count). The van der Waals surface area contributed by atoms with Gasteiger partial charge in [0.25, 0.3) is 5.79 Å². The van der Waals surface area contributed by atoms with Gasteiger partial charge in [-0.3, -0.25) is 24.0 Å². The number of aliphatic hydroxyl groups is 30. The lowest BCUT2D eigenvalue weighted by Gasteiger charge is -2.53. The van der Waals surface area contributed by atoms with E-state index < -0.39 is 451 Å².